The third-order valence-electron chi connectivity index (χ3n) is 10.9. The summed E-state index contributed by atoms with van der Waals surface area (Å²) in [5.41, 5.74) is 4.72. The number of nitrogens with one attached hydrogen (secondary N) is 1. The molecule has 0 radical (unpaired) electrons. The standard InChI is InChI=1S/C33H40ClN3O5S/c1-20-24-13-25(14-24)31(41-3)27-9-6-23(27)17-37-18-33(12-4-5-21-15-26(34)8-10-28(21)33)19-42-30-11-7-22(16-29(30)37)32(38)35-43(39,40)36(20)2/h7-8,10-11,13,15-16,20,23-24,27,31H,4-6,9,12,14,17-19H2,1-3H3,(H,35,38)/t20-,23-,24-,27+,31+,33-/m0/s1. The Morgan fingerprint density at radius 1 is 1.16 bits per heavy atom. The molecule has 1 amide bonds. The number of carbonyl (C=O) groups is 1. The fraction of sp³-hybridized carbons (Fsp3) is 0.545. The molecule has 3 heterocycles. The van der Waals surface area contributed by atoms with E-state index in [1.165, 1.54) is 28.1 Å². The van der Waals surface area contributed by atoms with Crippen molar-refractivity contribution < 1.29 is 22.7 Å². The number of hydrogen-bond acceptors (Lipinski definition) is 6. The molecule has 8 nitrogen and oxygen atoms in total. The van der Waals surface area contributed by atoms with E-state index in [-0.39, 0.29) is 23.5 Å². The van der Waals surface area contributed by atoms with E-state index in [0.29, 0.717) is 29.8 Å². The summed E-state index contributed by atoms with van der Waals surface area (Å²) in [4.78, 5) is 15.8. The number of fused-ring (bicyclic) bond motifs is 6. The van der Waals surface area contributed by atoms with Crippen LogP contribution in [0, 0.1) is 17.8 Å². The predicted octanol–water partition coefficient (Wildman–Crippen LogP) is 5.11. The molecule has 3 aliphatic heterocycles. The summed E-state index contributed by atoms with van der Waals surface area (Å²) in [6.07, 6.45) is 8.25. The van der Waals surface area contributed by atoms with Gasteiger partial charge in [0.2, 0.25) is 0 Å². The maximum absolute atomic E-state index is 13.4. The molecule has 1 N–H and O–H groups in total. The predicted molar refractivity (Wildman–Crippen MR) is 167 cm³/mol. The Labute approximate surface area is 259 Å². The number of anilines is 1. The third-order valence-corrected chi connectivity index (χ3v) is 12.7. The van der Waals surface area contributed by atoms with Crippen molar-refractivity contribution in [3.63, 3.8) is 0 Å². The number of halogens is 1. The second-order valence-corrected chi connectivity index (χ2v) is 15.4. The van der Waals surface area contributed by atoms with Crippen molar-refractivity contribution >= 4 is 33.4 Å². The van der Waals surface area contributed by atoms with Gasteiger partial charge in [0.1, 0.15) is 5.75 Å². The lowest BCUT2D eigenvalue weighted by atomic mass is 9.65. The molecule has 3 aliphatic carbocycles. The monoisotopic (exact) mass is 625 g/mol. The number of hydrogen-bond donors (Lipinski definition) is 1. The summed E-state index contributed by atoms with van der Waals surface area (Å²) >= 11 is 6.42. The van der Waals surface area contributed by atoms with Crippen molar-refractivity contribution in [2.24, 2.45) is 17.8 Å². The number of amides is 1. The summed E-state index contributed by atoms with van der Waals surface area (Å²) in [7, 11) is -0.727. The van der Waals surface area contributed by atoms with Crippen LogP contribution in [0.5, 0.6) is 5.75 Å². The lowest BCUT2D eigenvalue weighted by Crippen LogP contribution is -2.51. The Balaban J connectivity index is 1.32. The van der Waals surface area contributed by atoms with Gasteiger partial charge in [-0.05, 0) is 110 Å². The normalized spacial score (nSPS) is 33.5. The minimum atomic E-state index is -4.05. The molecule has 43 heavy (non-hydrogen) atoms. The highest BCUT2D eigenvalue weighted by Gasteiger charge is 2.46. The number of nitrogens with zero attached hydrogens (tertiary/aromatic N) is 2. The number of carbonyl (C=O) groups excluding carboxylic acids is 1. The van der Waals surface area contributed by atoms with Crippen LogP contribution in [-0.4, -0.2) is 64.6 Å². The van der Waals surface area contributed by atoms with E-state index in [4.69, 9.17) is 21.1 Å². The Bertz CT molecular complexity index is 1590. The molecule has 2 aromatic rings. The number of benzene rings is 2. The van der Waals surface area contributed by atoms with Crippen molar-refractivity contribution in [3.05, 3.63) is 69.8 Å². The first-order valence-corrected chi connectivity index (χ1v) is 17.2. The summed E-state index contributed by atoms with van der Waals surface area (Å²) in [5.74, 6) is 0.954. The van der Waals surface area contributed by atoms with Gasteiger partial charge >= 0.3 is 10.2 Å². The van der Waals surface area contributed by atoms with Gasteiger partial charge in [-0.1, -0.05) is 23.7 Å². The van der Waals surface area contributed by atoms with Crippen molar-refractivity contribution in [1.82, 2.24) is 9.03 Å². The molecule has 6 aliphatic rings. The van der Waals surface area contributed by atoms with Gasteiger partial charge in [-0.25, -0.2) is 4.72 Å². The van der Waals surface area contributed by atoms with Crippen LogP contribution < -0.4 is 14.4 Å². The van der Waals surface area contributed by atoms with Gasteiger partial charge in [0, 0.05) is 49.3 Å². The largest absolute Gasteiger partial charge is 0.490 e. The van der Waals surface area contributed by atoms with Crippen molar-refractivity contribution in [3.8, 4) is 5.75 Å². The van der Waals surface area contributed by atoms with Crippen LogP contribution in [-0.2, 0) is 26.8 Å². The molecule has 1 fully saturated rings. The van der Waals surface area contributed by atoms with Crippen molar-refractivity contribution in [2.75, 3.05) is 38.8 Å². The highest BCUT2D eigenvalue weighted by Crippen LogP contribution is 2.49. The zero-order valence-electron chi connectivity index (χ0n) is 25.0. The molecule has 4 bridgehead atoms. The average molecular weight is 626 g/mol. The van der Waals surface area contributed by atoms with Crippen LogP contribution in [0.4, 0.5) is 5.69 Å². The minimum absolute atomic E-state index is 0.0252. The topological polar surface area (TPSA) is 88.2 Å². The van der Waals surface area contributed by atoms with Crippen LogP contribution in [0.1, 0.15) is 60.5 Å². The molecule has 1 spiro atoms. The van der Waals surface area contributed by atoms with Crippen LogP contribution in [0.15, 0.2) is 48.0 Å². The van der Waals surface area contributed by atoms with Crippen molar-refractivity contribution in [1.29, 1.82) is 0 Å². The van der Waals surface area contributed by atoms with Crippen LogP contribution in [0.3, 0.4) is 0 Å². The summed E-state index contributed by atoms with van der Waals surface area (Å²) in [6.45, 7) is 3.97. The quantitative estimate of drug-likeness (QED) is 0.443. The number of aryl methyl sites for hydroxylation is 1. The van der Waals surface area contributed by atoms with Gasteiger partial charge in [-0.3, -0.25) is 4.79 Å². The molecule has 230 valence electrons. The highest BCUT2D eigenvalue weighted by atomic mass is 35.5. The molecule has 6 atom stereocenters. The van der Waals surface area contributed by atoms with Crippen LogP contribution in [0.2, 0.25) is 5.02 Å². The van der Waals surface area contributed by atoms with Gasteiger partial charge in [0.25, 0.3) is 5.91 Å². The lowest BCUT2D eigenvalue weighted by Gasteiger charge is -2.48. The molecule has 0 aromatic heterocycles. The Hall–Kier alpha value is -2.59. The van der Waals surface area contributed by atoms with E-state index in [1.54, 1.807) is 13.2 Å². The molecule has 0 saturated heterocycles. The zero-order chi connectivity index (χ0) is 30.1. The lowest BCUT2D eigenvalue weighted by molar-refractivity contribution is -0.000510. The van der Waals surface area contributed by atoms with Gasteiger partial charge in [0.05, 0.1) is 18.4 Å². The van der Waals surface area contributed by atoms with E-state index in [0.717, 1.165) is 62.3 Å². The van der Waals surface area contributed by atoms with E-state index < -0.39 is 16.1 Å². The summed E-state index contributed by atoms with van der Waals surface area (Å²) < 4.78 is 42.9. The molecule has 1 saturated carbocycles. The SMILES string of the molecule is CO[C@@H]1C2=C[C@@H](C2)[C@H](C)N(C)S(=O)(=O)NC(=O)c2ccc3c(c2)N(C[C@@H]2CC[C@H]21)C[C@@]1(CCCc2cc(Cl)ccc21)CO3. The van der Waals surface area contributed by atoms with Gasteiger partial charge in [0.15, 0.2) is 0 Å². The minimum Gasteiger partial charge on any atom is -0.490 e. The van der Waals surface area contributed by atoms with E-state index >= 15 is 0 Å². The Morgan fingerprint density at radius 3 is 2.72 bits per heavy atom. The fourth-order valence-corrected chi connectivity index (χ4v) is 9.42. The second kappa shape index (κ2) is 10.8. The first kappa shape index (κ1) is 29.1. The number of rotatable bonds is 1. The summed E-state index contributed by atoms with van der Waals surface area (Å²) in [5, 5.41) is 0.750. The molecule has 0 unspecified atom stereocenters. The maximum Gasteiger partial charge on any atom is 0.304 e. The van der Waals surface area contributed by atoms with Crippen LogP contribution in [0.25, 0.3) is 0 Å². The van der Waals surface area contributed by atoms with Crippen LogP contribution >= 0.6 is 11.6 Å². The van der Waals surface area contributed by atoms with Gasteiger partial charge in [-0.15, -0.1) is 0 Å². The molecular weight excluding hydrogens is 586 g/mol. The maximum atomic E-state index is 13.4. The first-order chi connectivity index (χ1) is 20.6. The Kier molecular flexibility index (Phi) is 7.31. The molecule has 2 aromatic carbocycles. The fourth-order valence-electron chi connectivity index (χ4n) is 8.13. The number of methoxy groups -OCH3 is 1. The highest BCUT2D eigenvalue weighted by molar-refractivity contribution is 7.87. The van der Waals surface area contributed by atoms with Crippen molar-refractivity contribution in [2.45, 2.75) is 63.0 Å². The summed E-state index contributed by atoms with van der Waals surface area (Å²) in [6, 6.07) is 11.2. The zero-order valence-corrected chi connectivity index (χ0v) is 26.6. The number of ether oxygens (including phenoxy) is 2. The molecule has 8 rings (SSSR count). The smallest absolute Gasteiger partial charge is 0.304 e. The first-order valence-electron chi connectivity index (χ1n) is 15.4. The van der Waals surface area contributed by atoms with E-state index in [1.807, 2.05) is 25.1 Å². The molecule has 10 heteroatoms. The van der Waals surface area contributed by atoms with Gasteiger partial charge < -0.3 is 14.4 Å². The van der Waals surface area contributed by atoms with Gasteiger partial charge in [-0.2, -0.15) is 12.7 Å². The second-order valence-electron chi connectivity index (χ2n) is 13.2. The molecular formula is C33H40ClN3O5S. The Morgan fingerprint density at radius 2 is 1.98 bits per heavy atom. The van der Waals surface area contributed by atoms with E-state index in [2.05, 4.69) is 27.8 Å². The average Bonchev–Trinajstić information content (AvgIpc) is 3.09. The van der Waals surface area contributed by atoms with E-state index in [9.17, 15) is 13.2 Å². The third kappa shape index (κ3) is 4.96.